The van der Waals surface area contributed by atoms with Gasteiger partial charge in [-0.1, -0.05) is 12.1 Å². The SMILES string of the molecule is CN1CC2CC[C@H](c3ccc(F)cc3)C2C1. The maximum atomic E-state index is 12.9. The first-order chi connectivity index (χ1) is 7.74. The number of hydrogen-bond acceptors (Lipinski definition) is 1. The normalized spacial score (nSPS) is 34.2. The fourth-order valence-electron chi connectivity index (χ4n) is 3.61. The van der Waals surface area contributed by atoms with Gasteiger partial charge < -0.3 is 4.90 Å². The standard InChI is InChI=1S/C14H18FN/c1-16-8-11-4-7-13(14(11)9-16)10-2-5-12(15)6-3-10/h2-3,5-6,11,13-14H,4,7-9H2,1H3/t11?,13-,14?/m1/s1. The summed E-state index contributed by atoms with van der Waals surface area (Å²) >= 11 is 0. The largest absolute Gasteiger partial charge is 0.306 e. The van der Waals surface area contributed by atoms with Crippen LogP contribution in [0, 0.1) is 17.7 Å². The van der Waals surface area contributed by atoms with Crippen LogP contribution in [0.25, 0.3) is 0 Å². The summed E-state index contributed by atoms with van der Waals surface area (Å²) in [6.07, 6.45) is 2.63. The molecule has 0 radical (unpaired) electrons. The molecule has 1 saturated carbocycles. The third kappa shape index (κ3) is 1.65. The lowest BCUT2D eigenvalue weighted by molar-refractivity contribution is 0.369. The fraction of sp³-hybridized carbons (Fsp3) is 0.571. The molecule has 1 aromatic carbocycles. The van der Waals surface area contributed by atoms with Crippen molar-refractivity contribution in [3.8, 4) is 0 Å². The van der Waals surface area contributed by atoms with Crippen LogP contribution in [0.1, 0.15) is 24.3 Å². The third-order valence-corrected chi connectivity index (χ3v) is 4.34. The molecule has 2 unspecified atom stereocenters. The molecule has 16 heavy (non-hydrogen) atoms. The van der Waals surface area contributed by atoms with Crippen molar-refractivity contribution in [3.63, 3.8) is 0 Å². The van der Waals surface area contributed by atoms with Gasteiger partial charge in [-0.2, -0.15) is 0 Å². The highest BCUT2D eigenvalue weighted by atomic mass is 19.1. The van der Waals surface area contributed by atoms with Gasteiger partial charge in [0.1, 0.15) is 5.82 Å². The summed E-state index contributed by atoms with van der Waals surface area (Å²) in [5.41, 5.74) is 1.34. The van der Waals surface area contributed by atoms with Crippen molar-refractivity contribution < 1.29 is 4.39 Å². The Morgan fingerprint density at radius 1 is 1.12 bits per heavy atom. The molecular weight excluding hydrogens is 201 g/mol. The number of fused-ring (bicyclic) bond motifs is 1. The van der Waals surface area contributed by atoms with Crippen molar-refractivity contribution in [2.75, 3.05) is 20.1 Å². The Morgan fingerprint density at radius 2 is 1.88 bits per heavy atom. The van der Waals surface area contributed by atoms with E-state index in [1.807, 2.05) is 12.1 Å². The molecule has 1 saturated heterocycles. The molecular formula is C14H18FN. The monoisotopic (exact) mass is 219 g/mol. The second-order valence-electron chi connectivity index (χ2n) is 5.38. The summed E-state index contributed by atoms with van der Waals surface area (Å²) in [6, 6.07) is 7.14. The van der Waals surface area contributed by atoms with Crippen LogP contribution in [-0.2, 0) is 0 Å². The quantitative estimate of drug-likeness (QED) is 0.702. The van der Waals surface area contributed by atoms with Crippen molar-refractivity contribution >= 4 is 0 Å². The molecule has 1 nitrogen and oxygen atoms in total. The summed E-state index contributed by atoms with van der Waals surface area (Å²) in [5, 5.41) is 0. The summed E-state index contributed by atoms with van der Waals surface area (Å²) < 4.78 is 12.9. The van der Waals surface area contributed by atoms with Crippen LogP contribution >= 0.6 is 0 Å². The molecule has 2 fully saturated rings. The lowest BCUT2D eigenvalue weighted by Gasteiger charge is -2.19. The lowest BCUT2D eigenvalue weighted by atomic mass is 9.87. The lowest BCUT2D eigenvalue weighted by Crippen LogP contribution is -2.17. The van der Waals surface area contributed by atoms with Crippen molar-refractivity contribution in [2.45, 2.75) is 18.8 Å². The first-order valence-corrected chi connectivity index (χ1v) is 6.18. The molecule has 3 rings (SSSR count). The molecule has 0 amide bonds. The Morgan fingerprint density at radius 3 is 2.62 bits per heavy atom. The van der Waals surface area contributed by atoms with Gasteiger partial charge in [0, 0.05) is 13.1 Å². The summed E-state index contributed by atoms with van der Waals surface area (Å²) in [6.45, 7) is 2.47. The van der Waals surface area contributed by atoms with Crippen molar-refractivity contribution in [1.82, 2.24) is 4.90 Å². The van der Waals surface area contributed by atoms with E-state index in [0.29, 0.717) is 5.92 Å². The molecule has 1 heterocycles. The van der Waals surface area contributed by atoms with Crippen molar-refractivity contribution in [2.24, 2.45) is 11.8 Å². The second-order valence-corrected chi connectivity index (χ2v) is 5.38. The van der Waals surface area contributed by atoms with Gasteiger partial charge in [0.25, 0.3) is 0 Å². The molecule has 1 aromatic rings. The molecule has 86 valence electrons. The number of nitrogens with zero attached hydrogens (tertiary/aromatic N) is 1. The number of hydrogen-bond donors (Lipinski definition) is 0. The van der Waals surface area contributed by atoms with Gasteiger partial charge in [-0.3, -0.25) is 0 Å². The zero-order valence-corrected chi connectivity index (χ0v) is 9.70. The Hall–Kier alpha value is -0.890. The maximum absolute atomic E-state index is 12.9. The molecule has 1 aliphatic heterocycles. The average Bonchev–Trinajstić information content (AvgIpc) is 2.78. The van der Waals surface area contributed by atoms with E-state index in [0.717, 1.165) is 11.8 Å². The van der Waals surface area contributed by atoms with E-state index in [4.69, 9.17) is 0 Å². The van der Waals surface area contributed by atoms with Gasteiger partial charge >= 0.3 is 0 Å². The highest BCUT2D eigenvalue weighted by molar-refractivity contribution is 5.23. The number of benzene rings is 1. The van der Waals surface area contributed by atoms with Crippen LogP contribution in [0.4, 0.5) is 4.39 Å². The molecule has 2 heteroatoms. The molecule has 1 aliphatic carbocycles. The average molecular weight is 219 g/mol. The maximum Gasteiger partial charge on any atom is 0.123 e. The first-order valence-electron chi connectivity index (χ1n) is 6.18. The van der Waals surface area contributed by atoms with E-state index in [9.17, 15) is 4.39 Å². The van der Waals surface area contributed by atoms with Crippen LogP contribution < -0.4 is 0 Å². The minimum Gasteiger partial charge on any atom is -0.306 e. The summed E-state index contributed by atoms with van der Waals surface area (Å²) in [4.78, 5) is 2.44. The number of halogens is 1. The van der Waals surface area contributed by atoms with Gasteiger partial charge in [0.2, 0.25) is 0 Å². The van der Waals surface area contributed by atoms with E-state index in [1.54, 1.807) is 12.1 Å². The number of rotatable bonds is 1. The fourth-order valence-corrected chi connectivity index (χ4v) is 3.61. The smallest absolute Gasteiger partial charge is 0.123 e. The molecule has 2 aliphatic rings. The Kier molecular flexibility index (Phi) is 2.47. The Bertz CT molecular complexity index is 373. The van der Waals surface area contributed by atoms with Gasteiger partial charge in [-0.25, -0.2) is 4.39 Å². The zero-order chi connectivity index (χ0) is 11.1. The van der Waals surface area contributed by atoms with Crippen LogP contribution in [0.3, 0.4) is 0 Å². The Labute approximate surface area is 96.3 Å². The predicted octanol–water partition coefficient (Wildman–Crippen LogP) is 2.88. The summed E-state index contributed by atoms with van der Waals surface area (Å²) in [7, 11) is 2.21. The first kappa shape index (κ1) is 10.3. The minimum absolute atomic E-state index is 0.123. The van der Waals surface area contributed by atoms with Crippen LogP contribution in [0.2, 0.25) is 0 Å². The summed E-state index contributed by atoms with van der Waals surface area (Å²) in [5.74, 6) is 2.22. The molecule has 0 spiro atoms. The van der Waals surface area contributed by atoms with E-state index >= 15 is 0 Å². The van der Waals surface area contributed by atoms with Gasteiger partial charge in [0.15, 0.2) is 0 Å². The molecule has 0 bridgehead atoms. The minimum atomic E-state index is -0.123. The third-order valence-electron chi connectivity index (χ3n) is 4.34. The van der Waals surface area contributed by atoms with Crippen LogP contribution in [0.5, 0.6) is 0 Å². The van der Waals surface area contributed by atoms with E-state index in [-0.39, 0.29) is 5.82 Å². The van der Waals surface area contributed by atoms with Crippen molar-refractivity contribution in [1.29, 1.82) is 0 Å². The topological polar surface area (TPSA) is 3.24 Å². The van der Waals surface area contributed by atoms with Crippen LogP contribution in [-0.4, -0.2) is 25.0 Å². The highest BCUT2D eigenvalue weighted by Crippen LogP contribution is 2.46. The number of likely N-dealkylation sites (tertiary alicyclic amines) is 1. The van der Waals surface area contributed by atoms with Gasteiger partial charge in [0.05, 0.1) is 0 Å². The molecule has 0 N–H and O–H groups in total. The highest BCUT2D eigenvalue weighted by Gasteiger charge is 2.41. The van der Waals surface area contributed by atoms with E-state index in [1.165, 1.54) is 31.5 Å². The second kappa shape index (κ2) is 3.85. The van der Waals surface area contributed by atoms with E-state index < -0.39 is 0 Å². The van der Waals surface area contributed by atoms with Crippen LogP contribution in [0.15, 0.2) is 24.3 Å². The molecule has 0 aromatic heterocycles. The molecule has 3 atom stereocenters. The van der Waals surface area contributed by atoms with E-state index in [2.05, 4.69) is 11.9 Å². The van der Waals surface area contributed by atoms with Gasteiger partial charge in [-0.05, 0) is 55.3 Å². The van der Waals surface area contributed by atoms with Crippen molar-refractivity contribution in [3.05, 3.63) is 35.6 Å². The zero-order valence-electron chi connectivity index (χ0n) is 9.70. The van der Waals surface area contributed by atoms with Gasteiger partial charge in [-0.15, -0.1) is 0 Å². The Balaban J connectivity index is 1.83. The predicted molar refractivity (Wildman–Crippen MR) is 62.9 cm³/mol.